The van der Waals surface area contributed by atoms with Crippen LogP contribution in [0.1, 0.15) is 36.1 Å². The summed E-state index contributed by atoms with van der Waals surface area (Å²) in [6.07, 6.45) is 6.05. The first-order valence-corrected chi connectivity index (χ1v) is 7.98. The highest BCUT2D eigenvalue weighted by Crippen LogP contribution is 2.21. The first kappa shape index (κ1) is 14.9. The molecule has 1 aliphatic heterocycles. The Morgan fingerprint density at radius 3 is 3.21 bits per heavy atom. The third-order valence-corrected chi connectivity index (χ3v) is 4.64. The first-order chi connectivity index (χ1) is 9.29. The largest absolute Gasteiger partial charge is 0.383 e. The molecule has 0 amide bonds. The van der Waals surface area contributed by atoms with Crippen molar-refractivity contribution < 1.29 is 4.74 Å². The number of hydrogen-bond donors (Lipinski definition) is 1. The minimum Gasteiger partial charge on any atom is -0.383 e. The van der Waals surface area contributed by atoms with E-state index in [0.29, 0.717) is 6.04 Å². The maximum Gasteiger partial charge on any atom is 0.107 e. The summed E-state index contributed by atoms with van der Waals surface area (Å²) in [6, 6.07) is 0.709. The number of aromatic nitrogens is 1. The Labute approximate surface area is 120 Å². The van der Waals surface area contributed by atoms with Gasteiger partial charge in [0, 0.05) is 37.3 Å². The summed E-state index contributed by atoms with van der Waals surface area (Å²) in [4.78, 5) is 8.42. The number of rotatable bonds is 7. The first-order valence-electron chi connectivity index (χ1n) is 7.17. The van der Waals surface area contributed by atoms with Gasteiger partial charge in [-0.1, -0.05) is 6.42 Å². The Morgan fingerprint density at radius 2 is 2.42 bits per heavy atom. The van der Waals surface area contributed by atoms with Gasteiger partial charge in [0.15, 0.2) is 0 Å². The van der Waals surface area contributed by atoms with Gasteiger partial charge in [0.05, 0.1) is 13.2 Å². The number of nitrogens with one attached hydrogen (secondary N) is 1. The van der Waals surface area contributed by atoms with Crippen LogP contribution in [0.4, 0.5) is 0 Å². The predicted octanol–water partition coefficient (Wildman–Crippen LogP) is 2.25. The van der Waals surface area contributed by atoms with Crippen molar-refractivity contribution in [3.63, 3.8) is 0 Å². The topological polar surface area (TPSA) is 37.4 Å². The third kappa shape index (κ3) is 4.84. The second-order valence-electron chi connectivity index (χ2n) is 5.21. The van der Waals surface area contributed by atoms with E-state index in [1.54, 1.807) is 7.11 Å². The van der Waals surface area contributed by atoms with Crippen molar-refractivity contribution in [2.45, 2.75) is 45.3 Å². The van der Waals surface area contributed by atoms with Crippen LogP contribution in [0.2, 0.25) is 0 Å². The van der Waals surface area contributed by atoms with Crippen LogP contribution in [0.15, 0.2) is 6.20 Å². The highest BCUT2D eigenvalue weighted by Gasteiger charge is 2.19. The van der Waals surface area contributed by atoms with Crippen molar-refractivity contribution in [3.05, 3.63) is 16.1 Å². The van der Waals surface area contributed by atoms with Crippen LogP contribution in [-0.2, 0) is 17.8 Å². The molecular formula is C14H25N3OS. The highest BCUT2D eigenvalue weighted by atomic mass is 32.1. The van der Waals surface area contributed by atoms with Crippen LogP contribution < -0.4 is 5.32 Å². The lowest BCUT2D eigenvalue weighted by Crippen LogP contribution is -2.36. The molecule has 0 saturated carbocycles. The number of likely N-dealkylation sites (tertiary alicyclic amines) is 1. The minimum atomic E-state index is 0.709. The summed E-state index contributed by atoms with van der Waals surface area (Å²) >= 11 is 1.83. The van der Waals surface area contributed by atoms with E-state index in [1.807, 2.05) is 17.5 Å². The van der Waals surface area contributed by atoms with E-state index >= 15 is 0 Å². The molecule has 4 nitrogen and oxygen atoms in total. The summed E-state index contributed by atoms with van der Waals surface area (Å²) in [7, 11) is 1.73. The zero-order chi connectivity index (χ0) is 13.5. The number of nitrogens with zero attached hydrogens (tertiary/aromatic N) is 2. The maximum atomic E-state index is 5.02. The zero-order valence-electron chi connectivity index (χ0n) is 12.0. The molecular weight excluding hydrogens is 258 g/mol. The van der Waals surface area contributed by atoms with Crippen molar-refractivity contribution >= 4 is 11.3 Å². The molecule has 2 heterocycles. The standard InChI is InChI=1S/C14H25N3OS/c1-12-5-3-4-7-17(12)11-14-16-10-13(19-14)9-15-6-8-18-2/h10,12,15H,3-9,11H2,1-2H3. The van der Waals surface area contributed by atoms with Crippen LogP contribution in [0, 0.1) is 0 Å². The Kier molecular flexibility index (Phi) is 6.23. The van der Waals surface area contributed by atoms with Crippen molar-refractivity contribution in [2.75, 3.05) is 26.8 Å². The Bertz CT molecular complexity index is 369. The van der Waals surface area contributed by atoms with Gasteiger partial charge < -0.3 is 10.1 Å². The third-order valence-electron chi connectivity index (χ3n) is 3.66. The van der Waals surface area contributed by atoms with Gasteiger partial charge in [-0.3, -0.25) is 4.90 Å². The number of ether oxygens (including phenoxy) is 1. The van der Waals surface area contributed by atoms with Gasteiger partial charge >= 0.3 is 0 Å². The Balaban J connectivity index is 1.76. The second-order valence-corrected chi connectivity index (χ2v) is 6.40. The van der Waals surface area contributed by atoms with Gasteiger partial charge in [-0.15, -0.1) is 11.3 Å². The van der Waals surface area contributed by atoms with Crippen LogP contribution in [0.25, 0.3) is 0 Å². The van der Waals surface area contributed by atoms with Gasteiger partial charge in [0.2, 0.25) is 0 Å². The van der Waals surface area contributed by atoms with E-state index in [4.69, 9.17) is 4.74 Å². The van der Waals surface area contributed by atoms with Crippen molar-refractivity contribution in [2.24, 2.45) is 0 Å². The molecule has 0 bridgehead atoms. The van der Waals surface area contributed by atoms with Crippen molar-refractivity contribution in [1.29, 1.82) is 0 Å². The van der Waals surface area contributed by atoms with E-state index in [-0.39, 0.29) is 0 Å². The summed E-state index contributed by atoms with van der Waals surface area (Å²) in [5.74, 6) is 0. The van der Waals surface area contributed by atoms with E-state index in [0.717, 1.165) is 26.2 Å². The summed E-state index contributed by atoms with van der Waals surface area (Å²) < 4.78 is 5.02. The van der Waals surface area contributed by atoms with Crippen LogP contribution >= 0.6 is 11.3 Å². The molecule has 0 radical (unpaired) electrons. The lowest BCUT2D eigenvalue weighted by atomic mass is 10.0. The van der Waals surface area contributed by atoms with Crippen LogP contribution in [-0.4, -0.2) is 42.7 Å². The molecule has 1 N–H and O–H groups in total. The van der Waals surface area contributed by atoms with E-state index in [9.17, 15) is 0 Å². The SMILES string of the molecule is COCCNCc1cnc(CN2CCCCC2C)s1. The molecule has 1 aliphatic rings. The molecule has 1 saturated heterocycles. The minimum absolute atomic E-state index is 0.709. The zero-order valence-corrected chi connectivity index (χ0v) is 12.8. The molecule has 19 heavy (non-hydrogen) atoms. The molecule has 1 fully saturated rings. The number of piperidine rings is 1. The maximum absolute atomic E-state index is 5.02. The molecule has 1 aromatic rings. The lowest BCUT2D eigenvalue weighted by molar-refractivity contribution is 0.152. The lowest BCUT2D eigenvalue weighted by Gasteiger charge is -2.32. The fourth-order valence-electron chi connectivity index (χ4n) is 2.45. The smallest absolute Gasteiger partial charge is 0.107 e. The van der Waals surface area contributed by atoms with Crippen molar-refractivity contribution in [1.82, 2.24) is 15.2 Å². The summed E-state index contributed by atoms with van der Waals surface area (Å²) in [6.45, 7) is 7.13. The Hall–Kier alpha value is -0.490. The number of hydrogen-bond acceptors (Lipinski definition) is 5. The van der Waals surface area contributed by atoms with Gasteiger partial charge in [-0.2, -0.15) is 0 Å². The molecule has 1 aromatic heterocycles. The second kappa shape index (κ2) is 7.94. The normalized spacial score (nSPS) is 20.8. The van der Waals surface area contributed by atoms with Crippen LogP contribution in [0.3, 0.4) is 0 Å². The number of methoxy groups -OCH3 is 1. The number of thiazole rings is 1. The average Bonchev–Trinajstić information content (AvgIpc) is 2.85. The molecule has 0 spiro atoms. The highest BCUT2D eigenvalue weighted by molar-refractivity contribution is 7.11. The molecule has 0 aromatic carbocycles. The molecule has 1 unspecified atom stereocenters. The van der Waals surface area contributed by atoms with Crippen molar-refractivity contribution in [3.8, 4) is 0 Å². The summed E-state index contributed by atoms with van der Waals surface area (Å²) in [5, 5.41) is 4.61. The monoisotopic (exact) mass is 283 g/mol. The molecule has 1 atom stereocenters. The van der Waals surface area contributed by atoms with Gasteiger partial charge in [-0.25, -0.2) is 4.98 Å². The molecule has 0 aliphatic carbocycles. The molecule has 108 valence electrons. The van der Waals surface area contributed by atoms with E-state index in [2.05, 4.69) is 22.1 Å². The van der Waals surface area contributed by atoms with Crippen LogP contribution in [0.5, 0.6) is 0 Å². The Morgan fingerprint density at radius 1 is 1.53 bits per heavy atom. The molecule has 5 heteroatoms. The quantitative estimate of drug-likeness (QED) is 0.779. The summed E-state index contributed by atoms with van der Waals surface area (Å²) in [5.41, 5.74) is 0. The van der Waals surface area contributed by atoms with Gasteiger partial charge in [0.1, 0.15) is 5.01 Å². The molecule has 2 rings (SSSR count). The van der Waals surface area contributed by atoms with E-state index < -0.39 is 0 Å². The fraction of sp³-hybridized carbons (Fsp3) is 0.786. The van der Waals surface area contributed by atoms with Gasteiger partial charge in [-0.05, 0) is 26.3 Å². The van der Waals surface area contributed by atoms with Gasteiger partial charge in [0.25, 0.3) is 0 Å². The van der Waals surface area contributed by atoms with E-state index in [1.165, 1.54) is 35.7 Å². The average molecular weight is 283 g/mol. The predicted molar refractivity (Wildman–Crippen MR) is 79.4 cm³/mol. The fourth-order valence-corrected chi connectivity index (χ4v) is 3.37.